The molecular formula is C14H22O. The van der Waals surface area contributed by atoms with Crippen molar-refractivity contribution >= 4 is 5.78 Å². The predicted molar refractivity (Wildman–Crippen MR) is 60.5 cm³/mol. The second-order valence-electron chi connectivity index (χ2n) is 6.08. The van der Waals surface area contributed by atoms with Crippen LogP contribution in [0.3, 0.4) is 0 Å². The Morgan fingerprint density at radius 3 is 2.67 bits per heavy atom. The highest BCUT2D eigenvalue weighted by atomic mass is 16.1. The summed E-state index contributed by atoms with van der Waals surface area (Å²) in [5, 5.41) is 0. The lowest BCUT2D eigenvalue weighted by Crippen LogP contribution is -2.24. The molecule has 0 spiro atoms. The zero-order chi connectivity index (χ0) is 10.3. The van der Waals surface area contributed by atoms with Crippen LogP contribution in [0.15, 0.2) is 0 Å². The van der Waals surface area contributed by atoms with Crippen molar-refractivity contribution in [2.75, 3.05) is 0 Å². The van der Waals surface area contributed by atoms with Crippen LogP contribution < -0.4 is 0 Å². The average Bonchev–Trinajstić information content (AvgIpc) is 2.83. The van der Waals surface area contributed by atoms with Crippen LogP contribution in [0.2, 0.25) is 0 Å². The number of fused-ring (bicyclic) bond motifs is 2. The maximum Gasteiger partial charge on any atom is 0.135 e. The van der Waals surface area contributed by atoms with Gasteiger partial charge in [-0.3, -0.25) is 4.79 Å². The van der Waals surface area contributed by atoms with Gasteiger partial charge in [-0.1, -0.05) is 12.8 Å². The first-order valence-corrected chi connectivity index (χ1v) is 6.85. The molecule has 4 atom stereocenters. The Labute approximate surface area is 92.6 Å². The van der Waals surface area contributed by atoms with E-state index >= 15 is 0 Å². The van der Waals surface area contributed by atoms with E-state index in [0.717, 1.165) is 30.6 Å². The molecule has 84 valence electrons. The molecule has 0 aromatic carbocycles. The van der Waals surface area contributed by atoms with E-state index in [0.29, 0.717) is 11.7 Å². The molecule has 4 unspecified atom stereocenters. The molecule has 0 heterocycles. The number of carbonyl (C=O) groups is 1. The van der Waals surface area contributed by atoms with Gasteiger partial charge in [-0.15, -0.1) is 0 Å². The third kappa shape index (κ3) is 1.86. The monoisotopic (exact) mass is 206 g/mol. The van der Waals surface area contributed by atoms with E-state index in [1.54, 1.807) is 0 Å². The molecule has 0 aromatic rings. The fourth-order valence-electron chi connectivity index (χ4n) is 4.33. The Kier molecular flexibility index (Phi) is 2.58. The van der Waals surface area contributed by atoms with Crippen molar-refractivity contribution in [2.24, 2.45) is 23.7 Å². The van der Waals surface area contributed by atoms with Gasteiger partial charge >= 0.3 is 0 Å². The Bertz CT molecular complexity index is 258. The second kappa shape index (κ2) is 3.92. The van der Waals surface area contributed by atoms with Crippen molar-refractivity contribution < 1.29 is 4.79 Å². The van der Waals surface area contributed by atoms with Crippen LogP contribution in [0.5, 0.6) is 0 Å². The molecule has 3 aliphatic carbocycles. The van der Waals surface area contributed by atoms with Crippen LogP contribution in [0, 0.1) is 23.7 Å². The molecule has 0 aromatic heterocycles. The van der Waals surface area contributed by atoms with Crippen LogP contribution in [-0.2, 0) is 4.79 Å². The molecule has 2 bridgehead atoms. The maximum atomic E-state index is 11.8. The van der Waals surface area contributed by atoms with Gasteiger partial charge < -0.3 is 0 Å². The SMILES string of the molecule is O=C1CCCCC1CC1CC2CCC1C2. The normalized spacial score (nSPS) is 44.9. The number of Topliss-reactive ketones (excluding diaryl/α,β-unsaturated/α-hetero) is 1. The first kappa shape index (κ1) is 9.86. The molecule has 3 saturated carbocycles. The van der Waals surface area contributed by atoms with Crippen LogP contribution in [0.4, 0.5) is 0 Å². The van der Waals surface area contributed by atoms with Crippen LogP contribution in [0.25, 0.3) is 0 Å². The lowest BCUT2D eigenvalue weighted by atomic mass is 9.77. The molecule has 3 fully saturated rings. The van der Waals surface area contributed by atoms with Gasteiger partial charge in [0.15, 0.2) is 0 Å². The van der Waals surface area contributed by atoms with Gasteiger partial charge in [0.2, 0.25) is 0 Å². The van der Waals surface area contributed by atoms with E-state index in [2.05, 4.69) is 0 Å². The van der Waals surface area contributed by atoms with Crippen molar-refractivity contribution in [3.8, 4) is 0 Å². The van der Waals surface area contributed by atoms with Gasteiger partial charge in [-0.25, -0.2) is 0 Å². The lowest BCUT2D eigenvalue weighted by molar-refractivity contribution is -0.125. The number of ketones is 1. The zero-order valence-electron chi connectivity index (χ0n) is 9.58. The third-order valence-corrected chi connectivity index (χ3v) is 5.15. The molecule has 15 heavy (non-hydrogen) atoms. The molecule has 3 rings (SSSR count). The Balaban J connectivity index is 1.58. The van der Waals surface area contributed by atoms with E-state index in [1.807, 2.05) is 0 Å². The fourth-order valence-corrected chi connectivity index (χ4v) is 4.33. The average molecular weight is 206 g/mol. The standard InChI is InChI=1S/C14H22O/c15-14-4-2-1-3-12(14)9-13-8-10-5-6-11(13)7-10/h10-13H,1-9H2. The molecule has 3 aliphatic rings. The molecule has 0 N–H and O–H groups in total. The highest BCUT2D eigenvalue weighted by molar-refractivity contribution is 5.81. The van der Waals surface area contributed by atoms with E-state index in [-0.39, 0.29) is 0 Å². The summed E-state index contributed by atoms with van der Waals surface area (Å²) in [5.41, 5.74) is 0. The van der Waals surface area contributed by atoms with E-state index in [4.69, 9.17) is 0 Å². The zero-order valence-corrected chi connectivity index (χ0v) is 9.58. The molecule has 0 amide bonds. The van der Waals surface area contributed by atoms with Crippen LogP contribution in [0.1, 0.15) is 57.8 Å². The minimum atomic E-state index is 0.461. The number of hydrogen-bond acceptors (Lipinski definition) is 1. The largest absolute Gasteiger partial charge is 0.299 e. The topological polar surface area (TPSA) is 17.1 Å². The van der Waals surface area contributed by atoms with Gasteiger partial charge in [0, 0.05) is 12.3 Å². The summed E-state index contributed by atoms with van der Waals surface area (Å²) < 4.78 is 0. The van der Waals surface area contributed by atoms with Crippen molar-refractivity contribution in [1.82, 2.24) is 0 Å². The summed E-state index contributed by atoms with van der Waals surface area (Å²) in [6.07, 6.45) is 11.7. The van der Waals surface area contributed by atoms with Gasteiger partial charge in [-0.05, 0) is 56.3 Å². The Morgan fingerprint density at radius 2 is 2.00 bits per heavy atom. The summed E-state index contributed by atoms with van der Waals surface area (Å²) in [4.78, 5) is 11.8. The number of rotatable bonds is 2. The summed E-state index contributed by atoms with van der Waals surface area (Å²) in [7, 11) is 0. The summed E-state index contributed by atoms with van der Waals surface area (Å²) in [6, 6.07) is 0. The van der Waals surface area contributed by atoms with E-state index in [1.165, 1.54) is 44.9 Å². The Morgan fingerprint density at radius 1 is 1.07 bits per heavy atom. The minimum Gasteiger partial charge on any atom is -0.299 e. The highest BCUT2D eigenvalue weighted by Crippen LogP contribution is 2.51. The number of carbonyl (C=O) groups excluding carboxylic acids is 1. The lowest BCUT2D eigenvalue weighted by Gasteiger charge is -2.28. The smallest absolute Gasteiger partial charge is 0.135 e. The second-order valence-corrected chi connectivity index (χ2v) is 6.08. The first-order valence-electron chi connectivity index (χ1n) is 6.85. The van der Waals surface area contributed by atoms with Crippen molar-refractivity contribution in [3.63, 3.8) is 0 Å². The van der Waals surface area contributed by atoms with Gasteiger partial charge in [0.05, 0.1) is 0 Å². The fraction of sp³-hybridized carbons (Fsp3) is 0.929. The molecule has 0 saturated heterocycles. The van der Waals surface area contributed by atoms with Crippen LogP contribution >= 0.6 is 0 Å². The maximum absolute atomic E-state index is 11.8. The summed E-state index contributed by atoms with van der Waals surface area (Å²) >= 11 is 0. The van der Waals surface area contributed by atoms with Gasteiger partial charge in [0.25, 0.3) is 0 Å². The van der Waals surface area contributed by atoms with Crippen molar-refractivity contribution in [2.45, 2.75) is 57.8 Å². The third-order valence-electron chi connectivity index (χ3n) is 5.15. The first-order chi connectivity index (χ1) is 7.33. The Hall–Kier alpha value is -0.330. The van der Waals surface area contributed by atoms with E-state index in [9.17, 15) is 4.79 Å². The van der Waals surface area contributed by atoms with Gasteiger partial charge in [-0.2, -0.15) is 0 Å². The van der Waals surface area contributed by atoms with E-state index < -0.39 is 0 Å². The molecular weight excluding hydrogens is 184 g/mol. The number of hydrogen-bond donors (Lipinski definition) is 0. The highest BCUT2D eigenvalue weighted by Gasteiger charge is 2.41. The molecule has 1 nitrogen and oxygen atoms in total. The quantitative estimate of drug-likeness (QED) is 0.675. The van der Waals surface area contributed by atoms with Crippen molar-refractivity contribution in [3.05, 3.63) is 0 Å². The predicted octanol–water partition coefficient (Wildman–Crippen LogP) is 3.57. The molecule has 1 heteroatoms. The van der Waals surface area contributed by atoms with Crippen LogP contribution in [-0.4, -0.2) is 5.78 Å². The van der Waals surface area contributed by atoms with Gasteiger partial charge in [0.1, 0.15) is 5.78 Å². The molecule has 0 aliphatic heterocycles. The summed E-state index contributed by atoms with van der Waals surface area (Å²) in [6.45, 7) is 0. The molecule has 0 radical (unpaired) electrons. The minimum absolute atomic E-state index is 0.461. The summed E-state index contributed by atoms with van der Waals surface area (Å²) in [5.74, 6) is 4.02. The van der Waals surface area contributed by atoms with Crippen molar-refractivity contribution in [1.29, 1.82) is 0 Å².